The third-order valence-electron chi connectivity index (χ3n) is 2.90. The molecule has 0 aromatic carbocycles. The lowest BCUT2D eigenvalue weighted by Gasteiger charge is -2.24. The number of imidazole rings is 1. The SMILES string of the molecule is CCC[C@H](CNC(=O)c1cncn1C)N(C)C. The Morgan fingerprint density at radius 1 is 1.59 bits per heavy atom. The van der Waals surface area contributed by atoms with Gasteiger partial charge >= 0.3 is 0 Å². The fraction of sp³-hybridized carbons (Fsp3) is 0.667. The highest BCUT2D eigenvalue weighted by molar-refractivity contribution is 5.92. The second-order valence-corrected chi connectivity index (χ2v) is 4.51. The summed E-state index contributed by atoms with van der Waals surface area (Å²) in [5.41, 5.74) is 0.596. The number of aromatic nitrogens is 2. The van der Waals surface area contributed by atoms with E-state index >= 15 is 0 Å². The van der Waals surface area contributed by atoms with Gasteiger partial charge in [-0.05, 0) is 20.5 Å². The first-order valence-corrected chi connectivity index (χ1v) is 5.97. The van der Waals surface area contributed by atoms with Gasteiger partial charge in [-0.3, -0.25) is 4.79 Å². The van der Waals surface area contributed by atoms with Crippen LogP contribution in [0, 0.1) is 0 Å². The van der Waals surface area contributed by atoms with Crippen LogP contribution in [-0.4, -0.2) is 47.0 Å². The summed E-state index contributed by atoms with van der Waals surface area (Å²) in [5.74, 6) is -0.0621. The maximum Gasteiger partial charge on any atom is 0.269 e. The molecule has 0 bridgehead atoms. The minimum atomic E-state index is -0.0621. The van der Waals surface area contributed by atoms with Crippen LogP contribution in [0.3, 0.4) is 0 Å². The summed E-state index contributed by atoms with van der Waals surface area (Å²) in [6.45, 7) is 2.82. The largest absolute Gasteiger partial charge is 0.349 e. The van der Waals surface area contributed by atoms with Crippen LogP contribution in [-0.2, 0) is 7.05 Å². The van der Waals surface area contributed by atoms with Crippen molar-refractivity contribution < 1.29 is 4.79 Å². The third-order valence-corrected chi connectivity index (χ3v) is 2.90. The number of rotatable bonds is 6. The van der Waals surface area contributed by atoms with E-state index in [0.717, 1.165) is 12.8 Å². The molecule has 0 aliphatic rings. The lowest BCUT2D eigenvalue weighted by Crippen LogP contribution is -2.40. The normalized spacial score (nSPS) is 12.8. The van der Waals surface area contributed by atoms with Gasteiger partial charge in [-0.15, -0.1) is 0 Å². The Kier molecular flexibility index (Phi) is 5.15. The predicted molar refractivity (Wildman–Crippen MR) is 67.9 cm³/mol. The van der Waals surface area contributed by atoms with Gasteiger partial charge < -0.3 is 14.8 Å². The highest BCUT2D eigenvalue weighted by atomic mass is 16.1. The zero-order valence-corrected chi connectivity index (χ0v) is 11.1. The Bertz CT molecular complexity index is 359. The molecule has 0 aliphatic carbocycles. The molecule has 1 rings (SSSR count). The van der Waals surface area contributed by atoms with Crippen molar-refractivity contribution >= 4 is 5.91 Å². The van der Waals surface area contributed by atoms with Crippen LogP contribution in [0.5, 0.6) is 0 Å². The molecule has 0 aliphatic heterocycles. The number of carbonyl (C=O) groups excluding carboxylic acids is 1. The van der Waals surface area contributed by atoms with Gasteiger partial charge in [0.05, 0.1) is 12.5 Å². The lowest BCUT2D eigenvalue weighted by atomic mass is 10.1. The molecule has 0 radical (unpaired) electrons. The molecule has 1 amide bonds. The number of aryl methyl sites for hydroxylation is 1. The first-order valence-electron chi connectivity index (χ1n) is 5.97. The summed E-state index contributed by atoms with van der Waals surface area (Å²) in [4.78, 5) is 17.9. The van der Waals surface area contributed by atoms with E-state index in [1.807, 2.05) is 21.1 Å². The lowest BCUT2D eigenvalue weighted by molar-refractivity contribution is 0.0932. The molecule has 0 saturated carbocycles. The minimum Gasteiger partial charge on any atom is -0.349 e. The molecule has 5 heteroatoms. The summed E-state index contributed by atoms with van der Waals surface area (Å²) < 4.78 is 1.72. The Hall–Kier alpha value is -1.36. The monoisotopic (exact) mass is 238 g/mol. The maximum atomic E-state index is 11.9. The van der Waals surface area contributed by atoms with Crippen LogP contribution in [0.25, 0.3) is 0 Å². The van der Waals surface area contributed by atoms with E-state index in [1.54, 1.807) is 17.1 Å². The number of likely N-dealkylation sites (N-methyl/N-ethyl adjacent to an activating group) is 1. The fourth-order valence-corrected chi connectivity index (χ4v) is 1.75. The van der Waals surface area contributed by atoms with Crippen LogP contribution in [0.15, 0.2) is 12.5 Å². The van der Waals surface area contributed by atoms with Crippen molar-refractivity contribution in [2.75, 3.05) is 20.6 Å². The Morgan fingerprint density at radius 3 is 2.76 bits per heavy atom. The molecule has 1 atom stereocenters. The van der Waals surface area contributed by atoms with Gasteiger partial charge in [0.1, 0.15) is 5.69 Å². The second kappa shape index (κ2) is 6.39. The van der Waals surface area contributed by atoms with Crippen molar-refractivity contribution in [1.29, 1.82) is 0 Å². The molecule has 1 heterocycles. The van der Waals surface area contributed by atoms with Gasteiger partial charge in [-0.2, -0.15) is 0 Å². The summed E-state index contributed by atoms with van der Waals surface area (Å²) >= 11 is 0. The van der Waals surface area contributed by atoms with Crippen molar-refractivity contribution in [2.45, 2.75) is 25.8 Å². The first-order chi connectivity index (χ1) is 8.06. The molecule has 1 aromatic rings. The Labute approximate surface area is 103 Å². The van der Waals surface area contributed by atoms with E-state index in [1.165, 1.54) is 0 Å². The van der Waals surface area contributed by atoms with E-state index in [4.69, 9.17) is 0 Å². The average Bonchev–Trinajstić information content (AvgIpc) is 2.69. The quantitative estimate of drug-likeness (QED) is 0.800. The fourth-order valence-electron chi connectivity index (χ4n) is 1.75. The zero-order chi connectivity index (χ0) is 12.8. The molecular weight excluding hydrogens is 216 g/mol. The van der Waals surface area contributed by atoms with Crippen molar-refractivity contribution in [3.63, 3.8) is 0 Å². The molecule has 0 fully saturated rings. The number of nitrogens with zero attached hydrogens (tertiary/aromatic N) is 3. The van der Waals surface area contributed by atoms with Crippen LogP contribution in [0.4, 0.5) is 0 Å². The number of hydrogen-bond donors (Lipinski definition) is 1. The molecule has 1 aromatic heterocycles. The van der Waals surface area contributed by atoms with Crippen molar-refractivity contribution in [1.82, 2.24) is 19.8 Å². The maximum absolute atomic E-state index is 11.9. The van der Waals surface area contributed by atoms with Gasteiger partial charge in [0, 0.05) is 19.6 Å². The number of hydrogen-bond acceptors (Lipinski definition) is 3. The summed E-state index contributed by atoms with van der Waals surface area (Å²) in [6, 6.07) is 0.386. The van der Waals surface area contributed by atoms with E-state index in [9.17, 15) is 4.79 Å². The van der Waals surface area contributed by atoms with E-state index in [2.05, 4.69) is 22.1 Å². The van der Waals surface area contributed by atoms with Crippen LogP contribution < -0.4 is 5.32 Å². The van der Waals surface area contributed by atoms with Gasteiger partial charge in [0.15, 0.2) is 0 Å². The van der Waals surface area contributed by atoms with Crippen molar-refractivity contribution in [3.8, 4) is 0 Å². The van der Waals surface area contributed by atoms with Gasteiger partial charge in [-0.1, -0.05) is 13.3 Å². The second-order valence-electron chi connectivity index (χ2n) is 4.51. The van der Waals surface area contributed by atoms with Gasteiger partial charge in [0.25, 0.3) is 5.91 Å². The number of nitrogens with one attached hydrogen (secondary N) is 1. The molecule has 17 heavy (non-hydrogen) atoms. The molecule has 0 spiro atoms. The molecule has 96 valence electrons. The third kappa shape index (κ3) is 3.85. The standard InChI is InChI=1S/C12H22N4O/c1-5-6-10(15(2)3)7-14-12(17)11-8-13-9-16(11)4/h8-10H,5-7H2,1-4H3,(H,14,17)/t10-/m1/s1. The highest BCUT2D eigenvalue weighted by Crippen LogP contribution is 2.02. The number of amides is 1. The summed E-state index contributed by atoms with van der Waals surface area (Å²) in [6.07, 6.45) is 5.41. The Morgan fingerprint density at radius 2 is 2.29 bits per heavy atom. The molecule has 1 N–H and O–H groups in total. The van der Waals surface area contributed by atoms with E-state index in [-0.39, 0.29) is 5.91 Å². The zero-order valence-electron chi connectivity index (χ0n) is 11.1. The van der Waals surface area contributed by atoms with Gasteiger partial charge in [0.2, 0.25) is 0 Å². The van der Waals surface area contributed by atoms with Crippen molar-refractivity contribution in [2.24, 2.45) is 7.05 Å². The summed E-state index contributed by atoms with van der Waals surface area (Å²) in [5, 5.41) is 2.95. The molecule has 0 saturated heterocycles. The van der Waals surface area contributed by atoms with Crippen LogP contribution in [0.1, 0.15) is 30.3 Å². The molecule has 0 unspecified atom stereocenters. The molecule has 5 nitrogen and oxygen atoms in total. The average molecular weight is 238 g/mol. The number of carbonyl (C=O) groups is 1. The summed E-state index contributed by atoms with van der Waals surface area (Å²) in [7, 11) is 5.89. The molecular formula is C12H22N4O. The predicted octanol–water partition coefficient (Wildman–Crippen LogP) is 0.880. The first kappa shape index (κ1) is 13.7. The van der Waals surface area contributed by atoms with E-state index in [0.29, 0.717) is 18.3 Å². The Balaban J connectivity index is 2.49. The van der Waals surface area contributed by atoms with Crippen LogP contribution in [0.2, 0.25) is 0 Å². The topological polar surface area (TPSA) is 50.2 Å². The smallest absolute Gasteiger partial charge is 0.269 e. The van der Waals surface area contributed by atoms with E-state index < -0.39 is 0 Å². The van der Waals surface area contributed by atoms with Crippen molar-refractivity contribution in [3.05, 3.63) is 18.2 Å². The highest BCUT2D eigenvalue weighted by Gasteiger charge is 2.14. The minimum absolute atomic E-state index is 0.0621. The van der Waals surface area contributed by atoms with Gasteiger partial charge in [-0.25, -0.2) is 4.98 Å². The van der Waals surface area contributed by atoms with Crippen LogP contribution >= 0.6 is 0 Å².